The van der Waals surface area contributed by atoms with Gasteiger partial charge in [0.25, 0.3) is 0 Å². The fourth-order valence-corrected chi connectivity index (χ4v) is 5.05. The highest BCUT2D eigenvalue weighted by Gasteiger charge is 2.17. The topological polar surface area (TPSA) is 76.2 Å². The fraction of sp³-hybridized carbons (Fsp3) is 0.296. The van der Waals surface area contributed by atoms with Gasteiger partial charge < -0.3 is 9.73 Å². The van der Waals surface area contributed by atoms with Gasteiger partial charge in [-0.3, -0.25) is 14.3 Å². The van der Waals surface area contributed by atoms with Gasteiger partial charge in [0.15, 0.2) is 11.0 Å². The van der Waals surface area contributed by atoms with Crippen LogP contribution in [0.25, 0.3) is 11.4 Å². The SMILES string of the molecule is Cc1cccc(-c2nnc(SCC(=O)Nc3ccc(CN4CCCC4)cc3)n2Cc2ccco2)c1. The number of furan rings is 1. The molecule has 2 aromatic carbocycles. The van der Waals surface area contributed by atoms with E-state index >= 15 is 0 Å². The first-order valence-corrected chi connectivity index (χ1v) is 12.9. The van der Waals surface area contributed by atoms with Crippen LogP contribution in [-0.4, -0.2) is 44.4 Å². The molecule has 35 heavy (non-hydrogen) atoms. The van der Waals surface area contributed by atoms with Crippen LogP contribution < -0.4 is 5.32 Å². The minimum atomic E-state index is -0.0769. The van der Waals surface area contributed by atoms with E-state index in [9.17, 15) is 4.79 Å². The third-order valence-electron chi connectivity index (χ3n) is 6.06. The summed E-state index contributed by atoms with van der Waals surface area (Å²) in [5.74, 6) is 1.71. The molecule has 180 valence electrons. The van der Waals surface area contributed by atoms with Crippen molar-refractivity contribution in [2.45, 2.75) is 38.0 Å². The molecule has 2 aromatic heterocycles. The van der Waals surface area contributed by atoms with E-state index in [1.165, 1.54) is 43.3 Å². The minimum absolute atomic E-state index is 0.0769. The Labute approximate surface area is 209 Å². The molecule has 1 amide bonds. The fourth-order valence-electron chi connectivity index (χ4n) is 4.31. The van der Waals surface area contributed by atoms with Gasteiger partial charge in [0.1, 0.15) is 5.76 Å². The van der Waals surface area contributed by atoms with Gasteiger partial charge in [-0.05, 0) is 68.8 Å². The van der Waals surface area contributed by atoms with Crippen molar-refractivity contribution in [3.8, 4) is 11.4 Å². The van der Waals surface area contributed by atoms with Crippen LogP contribution in [0.4, 0.5) is 5.69 Å². The molecule has 4 aromatic rings. The highest BCUT2D eigenvalue weighted by atomic mass is 32.2. The summed E-state index contributed by atoms with van der Waals surface area (Å²) in [6, 6.07) is 20.1. The quantitative estimate of drug-likeness (QED) is 0.326. The first-order chi connectivity index (χ1) is 17.1. The Hall–Kier alpha value is -3.36. The molecule has 3 heterocycles. The number of amides is 1. The Morgan fingerprint density at radius 3 is 2.60 bits per heavy atom. The predicted octanol–water partition coefficient (Wildman–Crippen LogP) is 5.22. The van der Waals surface area contributed by atoms with Gasteiger partial charge in [-0.2, -0.15) is 0 Å². The first kappa shape index (κ1) is 23.4. The number of anilines is 1. The van der Waals surface area contributed by atoms with Gasteiger partial charge in [0.05, 0.1) is 18.6 Å². The van der Waals surface area contributed by atoms with E-state index in [0.717, 1.165) is 34.9 Å². The lowest BCUT2D eigenvalue weighted by molar-refractivity contribution is -0.113. The van der Waals surface area contributed by atoms with Crippen molar-refractivity contribution in [2.75, 3.05) is 24.2 Å². The zero-order valence-electron chi connectivity index (χ0n) is 19.8. The average Bonchev–Trinajstić information content (AvgIpc) is 3.63. The highest BCUT2D eigenvalue weighted by Crippen LogP contribution is 2.26. The van der Waals surface area contributed by atoms with E-state index in [4.69, 9.17) is 4.42 Å². The number of benzene rings is 2. The predicted molar refractivity (Wildman–Crippen MR) is 138 cm³/mol. The molecule has 8 heteroatoms. The van der Waals surface area contributed by atoms with E-state index in [1.807, 2.05) is 41.0 Å². The zero-order valence-corrected chi connectivity index (χ0v) is 20.6. The lowest BCUT2D eigenvalue weighted by atomic mass is 10.1. The second kappa shape index (κ2) is 10.9. The summed E-state index contributed by atoms with van der Waals surface area (Å²) < 4.78 is 7.56. The number of nitrogens with zero attached hydrogens (tertiary/aromatic N) is 4. The summed E-state index contributed by atoms with van der Waals surface area (Å²) in [5, 5.41) is 12.5. The van der Waals surface area contributed by atoms with E-state index in [2.05, 4.69) is 51.6 Å². The molecule has 1 N–H and O–H groups in total. The maximum absolute atomic E-state index is 12.7. The summed E-state index contributed by atoms with van der Waals surface area (Å²) in [4.78, 5) is 15.1. The number of hydrogen-bond acceptors (Lipinski definition) is 6. The van der Waals surface area contributed by atoms with E-state index in [-0.39, 0.29) is 11.7 Å². The van der Waals surface area contributed by atoms with Crippen LogP contribution in [0.3, 0.4) is 0 Å². The number of rotatable bonds is 9. The van der Waals surface area contributed by atoms with Crippen LogP contribution in [0.5, 0.6) is 0 Å². The molecule has 0 unspecified atom stereocenters. The summed E-state index contributed by atoms with van der Waals surface area (Å²) in [7, 11) is 0. The first-order valence-electron chi connectivity index (χ1n) is 11.9. The zero-order chi connectivity index (χ0) is 24.0. The van der Waals surface area contributed by atoms with E-state index in [0.29, 0.717) is 11.7 Å². The Balaban J connectivity index is 1.24. The van der Waals surface area contributed by atoms with Crippen molar-refractivity contribution in [1.82, 2.24) is 19.7 Å². The number of likely N-dealkylation sites (tertiary alicyclic amines) is 1. The van der Waals surface area contributed by atoms with E-state index in [1.54, 1.807) is 6.26 Å². The Morgan fingerprint density at radius 2 is 1.86 bits per heavy atom. The standard InChI is InChI=1S/C27H29N5O2S/c1-20-6-4-7-22(16-20)26-29-30-27(32(26)18-24-8-5-15-34-24)35-19-25(33)28-23-11-9-21(10-12-23)17-31-13-2-3-14-31/h4-12,15-16H,2-3,13-14,17-19H2,1H3,(H,28,33). The van der Waals surface area contributed by atoms with Crippen molar-refractivity contribution in [3.05, 3.63) is 83.8 Å². The molecule has 5 rings (SSSR count). The van der Waals surface area contributed by atoms with E-state index < -0.39 is 0 Å². The number of aryl methyl sites for hydroxylation is 1. The van der Waals surface area contributed by atoms with Crippen molar-refractivity contribution in [2.24, 2.45) is 0 Å². The molecular formula is C27H29N5O2S. The minimum Gasteiger partial charge on any atom is -0.467 e. The molecule has 1 saturated heterocycles. The molecular weight excluding hydrogens is 458 g/mol. The van der Waals surface area contributed by atoms with Gasteiger partial charge in [0, 0.05) is 17.8 Å². The lowest BCUT2D eigenvalue weighted by Gasteiger charge is -2.14. The summed E-state index contributed by atoms with van der Waals surface area (Å²) in [5.41, 5.74) is 4.21. The summed E-state index contributed by atoms with van der Waals surface area (Å²) >= 11 is 1.37. The van der Waals surface area contributed by atoms with Crippen LogP contribution in [-0.2, 0) is 17.9 Å². The molecule has 1 fully saturated rings. The largest absolute Gasteiger partial charge is 0.467 e. The van der Waals surface area contributed by atoms with Crippen LogP contribution in [0.2, 0.25) is 0 Å². The monoisotopic (exact) mass is 487 g/mol. The van der Waals surface area contributed by atoms with Crippen LogP contribution in [0, 0.1) is 6.92 Å². The smallest absolute Gasteiger partial charge is 0.234 e. The summed E-state index contributed by atoms with van der Waals surface area (Å²) in [6.07, 6.45) is 4.23. The van der Waals surface area contributed by atoms with Gasteiger partial charge in [-0.1, -0.05) is 47.7 Å². The number of carbonyl (C=O) groups is 1. The van der Waals surface area contributed by atoms with Gasteiger partial charge >= 0.3 is 0 Å². The van der Waals surface area contributed by atoms with Crippen LogP contribution in [0.15, 0.2) is 76.5 Å². The third-order valence-corrected chi connectivity index (χ3v) is 7.03. The average molecular weight is 488 g/mol. The number of hydrogen-bond donors (Lipinski definition) is 1. The molecule has 0 radical (unpaired) electrons. The third kappa shape index (κ3) is 6.01. The molecule has 0 bridgehead atoms. The molecule has 0 atom stereocenters. The van der Waals surface area contributed by atoms with Crippen molar-refractivity contribution in [3.63, 3.8) is 0 Å². The van der Waals surface area contributed by atoms with Crippen molar-refractivity contribution < 1.29 is 9.21 Å². The Kier molecular flexibility index (Phi) is 7.30. The molecule has 0 aliphatic carbocycles. The Bertz CT molecular complexity index is 1260. The lowest BCUT2D eigenvalue weighted by Crippen LogP contribution is -2.18. The Morgan fingerprint density at radius 1 is 1.03 bits per heavy atom. The van der Waals surface area contributed by atoms with Gasteiger partial charge in [-0.15, -0.1) is 10.2 Å². The highest BCUT2D eigenvalue weighted by molar-refractivity contribution is 7.99. The van der Waals surface area contributed by atoms with Gasteiger partial charge in [-0.25, -0.2) is 0 Å². The van der Waals surface area contributed by atoms with Crippen LogP contribution >= 0.6 is 11.8 Å². The second-order valence-corrected chi connectivity index (χ2v) is 9.80. The molecule has 0 saturated carbocycles. The van der Waals surface area contributed by atoms with Crippen LogP contribution in [0.1, 0.15) is 29.7 Å². The van der Waals surface area contributed by atoms with Gasteiger partial charge in [0.2, 0.25) is 5.91 Å². The summed E-state index contributed by atoms with van der Waals surface area (Å²) in [6.45, 7) is 5.86. The molecule has 0 spiro atoms. The number of aromatic nitrogens is 3. The maximum Gasteiger partial charge on any atom is 0.234 e. The van der Waals surface area contributed by atoms with Crippen molar-refractivity contribution in [1.29, 1.82) is 0 Å². The maximum atomic E-state index is 12.7. The number of carbonyl (C=O) groups excluding carboxylic acids is 1. The second-order valence-electron chi connectivity index (χ2n) is 8.86. The van der Waals surface area contributed by atoms with Crippen molar-refractivity contribution >= 4 is 23.4 Å². The normalized spacial score (nSPS) is 13.9. The number of nitrogens with one attached hydrogen (secondary N) is 1. The number of thioether (sulfide) groups is 1. The molecule has 1 aliphatic rings. The molecule has 1 aliphatic heterocycles. The molecule has 7 nitrogen and oxygen atoms in total.